The molecule has 226 valence electrons. The van der Waals surface area contributed by atoms with E-state index in [0.29, 0.717) is 35.3 Å². The normalized spacial score (nSPS) is 28.3. The number of carbonyl (C=O) groups excluding carboxylic acids is 6. The van der Waals surface area contributed by atoms with E-state index in [-0.39, 0.29) is 30.1 Å². The monoisotopic (exact) mass is 590 g/mol. The summed E-state index contributed by atoms with van der Waals surface area (Å²) in [6, 6.07) is 8.58. The summed E-state index contributed by atoms with van der Waals surface area (Å²) in [5, 5.41) is 28.3. The van der Waals surface area contributed by atoms with E-state index in [1.165, 1.54) is 25.1 Å². The zero-order valence-corrected chi connectivity index (χ0v) is 24.0. The zero-order chi connectivity index (χ0) is 31.4. The SMILES string of the molecule is CNCCNC(=O)c1cccc(-c2ccc(O)c3c2C[C@H]2C[C@H]4[C@H](N(C)C)C(=O)C(C(N)=O)C(=O)[C@@]4(O)C(=O)C2C3=O)c1. The lowest BCUT2D eigenvalue weighted by atomic mass is 9.52. The maximum Gasteiger partial charge on any atom is 0.251 e. The zero-order valence-electron chi connectivity index (χ0n) is 24.0. The number of Topliss-reactive ketones (excluding diaryl/α,β-unsaturated/α-hetero) is 4. The van der Waals surface area contributed by atoms with Crippen molar-refractivity contribution in [3.05, 3.63) is 53.1 Å². The van der Waals surface area contributed by atoms with Crippen LogP contribution in [-0.2, 0) is 25.6 Å². The molecule has 3 aliphatic rings. The first kappa shape index (κ1) is 30.2. The predicted molar refractivity (Wildman–Crippen MR) is 153 cm³/mol. The highest BCUT2D eigenvalue weighted by atomic mass is 16.3. The molecule has 0 aliphatic heterocycles. The number of nitrogens with two attached hydrogens (primary N) is 1. The number of phenolic OH excluding ortho intramolecular Hbond substituents is 1. The van der Waals surface area contributed by atoms with Crippen LogP contribution in [0.2, 0.25) is 0 Å². The number of hydrogen-bond acceptors (Lipinski definition) is 10. The number of nitrogens with zero attached hydrogens (tertiary/aromatic N) is 1. The average Bonchev–Trinajstić information content (AvgIpc) is 2.95. The average molecular weight is 591 g/mol. The van der Waals surface area contributed by atoms with Crippen LogP contribution in [0, 0.1) is 23.7 Å². The maximum absolute atomic E-state index is 14.0. The lowest BCUT2D eigenvalue weighted by molar-refractivity contribution is -0.181. The van der Waals surface area contributed by atoms with Gasteiger partial charge in [-0.3, -0.25) is 33.7 Å². The van der Waals surface area contributed by atoms with E-state index in [4.69, 9.17) is 5.73 Å². The van der Waals surface area contributed by atoms with E-state index in [0.717, 1.165) is 0 Å². The van der Waals surface area contributed by atoms with Crippen LogP contribution in [0.1, 0.15) is 32.7 Å². The molecule has 12 nitrogen and oxygen atoms in total. The number of amides is 2. The summed E-state index contributed by atoms with van der Waals surface area (Å²) >= 11 is 0. The fourth-order valence-corrected chi connectivity index (χ4v) is 7.11. The Morgan fingerprint density at radius 1 is 1.07 bits per heavy atom. The Morgan fingerprint density at radius 2 is 1.79 bits per heavy atom. The summed E-state index contributed by atoms with van der Waals surface area (Å²) in [6.45, 7) is 1.01. The van der Waals surface area contributed by atoms with Crippen LogP contribution < -0.4 is 16.4 Å². The molecule has 2 fully saturated rings. The van der Waals surface area contributed by atoms with Gasteiger partial charge in [0.1, 0.15) is 5.75 Å². The lowest BCUT2D eigenvalue weighted by Crippen LogP contribution is -2.74. The fourth-order valence-electron chi connectivity index (χ4n) is 7.11. The summed E-state index contributed by atoms with van der Waals surface area (Å²) < 4.78 is 0. The number of carbonyl (C=O) groups is 6. The van der Waals surface area contributed by atoms with Gasteiger partial charge in [-0.1, -0.05) is 18.2 Å². The van der Waals surface area contributed by atoms with E-state index in [2.05, 4.69) is 10.6 Å². The Bertz CT molecular complexity index is 1570. The summed E-state index contributed by atoms with van der Waals surface area (Å²) in [5.74, 6) is -11.3. The first-order chi connectivity index (χ1) is 20.3. The number of hydrogen-bond donors (Lipinski definition) is 5. The van der Waals surface area contributed by atoms with Crippen LogP contribution >= 0.6 is 0 Å². The van der Waals surface area contributed by atoms with Crippen molar-refractivity contribution >= 4 is 34.9 Å². The van der Waals surface area contributed by atoms with Gasteiger partial charge in [-0.05, 0) is 74.8 Å². The van der Waals surface area contributed by atoms with Gasteiger partial charge in [0, 0.05) is 24.6 Å². The predicted octanol–water partition coefficient (Wildman–Crippen LogP) is -0.517. The largest absolute Gasteiger partial charge is 0.507 e. The molecule has 2 amide bonds. The van der Waals surface area contributed by atoms with Gasteiger partial charge in [-0.15, -0.1) is 0 Å². The number of phenols is 1. The van der Waals surface area contributed by atoms with Gasteiger partial charge in [0.05, 0.1) is 17.5 Å². The fraction of sp³-hybridized carbons (Fsp3) is 0.419. The first-order valence-electron chi connectivity index (χ1n) is 14.1. The van der Waals surface area contributed by atoms with Crippen molar-refractivity contribution in [3.63, 3.8) is 0 Å². The number of ketones is 4. The van der Waals surface area contributed by atoms with Gasteiger partial charge < -0.3 is 26.6 Å². The van der Waals surface area contributed by atoms with Gasteiger partial charge in [0.25, 0.3) is 5.91 Å². The van der Waals surface area contributed by atoms with Crippen LogP contribution in [0.25, 0.3) is 11.1 Å². The molecule has 0 bridgehead atoms. The van der Waals surface area contributed by atoms with Gasteiger partial charge in [-0.2, -0.15) is 0 Å². The minimum atomic E-state index is -2.78. The number of primary amides is 1. The molecule has 0 heterocycles. The maximum atomic E-state index is 14.0. The molecule has 6 atom stereocenters. The highest BCUT2D eigenvalue weighted by molar-refractivity contribution is 6.32. The molecule has 0 aromatic heterocycles. The van der Waals surface area contributed by atoms with Gasteiger partial charge >= 0.3 is 0 Å². The molecule has 0 radical (unpaired) electrons. The van der Waals surface area contributed by atoms with Crippen LogP contribution in [-0.4, -0.2) is 95.9 Å². The van der Waals surface area contributed by atoms with E-state index in [1.807, 2.05) is 0 Å². The van der Waals surface area contributed by atoms with Crippen LogP contribution in [0.5, 0.6) is 5.75 Å². The number of nitrogens with one attached hydrogen (secondary N) is 2. The van der Waals surface area contributed by atoms with Crippen LogP contribution in [0.3, 0.4) is 0 Å². The Balaban J connectivity index is 1.58. The van der Waals surface area contributed by atoms with Crippen molar-refractivity contribution in [1.82, 2.24) is 15.5 Å². The Labute approximate surface area is 247 Å². The third-order valence-corrected chi connectivity index (χ3v) is 9.04. The molecule has 0 saturated heterocycles. The first-order valence-corrected chi connectivity index (χ1v) is 14.1. The number of fused-ring (bicyclic) bond motifs is 3. The van der Waals surface area contributed by atoms with E-state index in [9.17, 15) is 39.0 Å². The van der Waals surface area contributed by atoms with Crippen molar-refractivity contribution in [2.24, 2.45) is 29.4 Å². The molecule has 3 aliphatic carbocycles. The number of aliphatic hydroxyl groups is 1. The van der Waals surface area contributed by atoms with E-state index in [1.54, 1.807) is 37.4 Å². The molecule has 5 rings (SSSR count). The van der Waals surface area contributed by atoms with Crippen LogP contribution in [0.4, 0.5) is 0 Å². The third-order valence-electron chi connectivity index (χ3n) is 9.04. The van der Waals surface area contributed by atoms with Crippen molar-refractivity contribution in [3.8, 4) is 16.9 Å². The van der Waals surface area contributed by atoms with Gasteiger partial charge in [0.15, 0.2) is 34.7 Å². The van der Waals surface area contributed by atoms with E-state index < -0.39 is 64.4 Å². The van der Waals surface area contributed by atoms with Crippen LogP contribution in [0.15, 0.2) is 36.4 Å². The number of likely N-dealkylation sites (N-methyl/N-ethyl adjacent to an activating group) is 2. The lowest BCUT2D eigenvalue weighted by Gasteiger charge is -2.52. The standard InChI is InChI=1S/C31H34N4O8/c1-33-9-10-34-30(42)15-6-4-5-14(11-15)17-7-8-20(36)22-18(17)12-16-13-19-24(35(2)3)26(38)23(29(32)41)28(40)31(19,43)27(39)21(16)25(22)37/h4-8,11,16,19,21,23-24,33,36,43H,9-10,12-13H2,1-3H3,(H2,32,41)(H,34,42)/t16-,19-,21?,23?,24-,31-/m0/s1. The second-order valence-electron chi connectivity index (χ2n) is 11.7. The van der Waals surface area contributed by atoms with Gasteiger partial charge in [-0.25, -0.2) is 0 Å². The number of aromatic hydroxyl groups is 1. The van der Waals surface area contributed by atoms with Crippen molar-refractivity contribution in [1.29, 1.82) is 0 Å². The Kier molecular flexibility index (Phi) is 7.80. The molecular weight excluding hydrogens is 556 g/mol. The molecule has 6 N–H and O–H groups in total. The molecule has 0 spiro atoms. The quantitative estimate of drug-likeness (QED) is 0.207. The molecule has 43 heavy (non-hydrogen) atoms. The minimum absolute atomic E-state index is 0.0487. The molecule has 2 aromatic rings. The Morgan fingerprint density at radius 3 is 2.44 bits per heavy atom. The summed E-state index contributed by atoms with van der Waals surface area (Å²) in [5.41, 5.74) is 4.52. The third kappa shape index (κ3) is 4.66. The highest BCUT2D eigenvalue weighted by Crippen LogP contribution is 2.51. The minimum Gasteiger partial charge on any atom is -0.507 e. The topological polar surface area (TPSA) is 196 Å². The summed E-state index contributed by atoms with van der Waals surface area (Å²) in [4.78, 5) is 80.9. The highest BCUT2D eigenvalue weighted by Gasteiger charge is 2.69. The van der Waals surface area contributed by atoms with Crippen molar-refractivity contribution in [2.45, 2.75) is 24.5 Å². The van der Waals surface area contributed by atoms with E-state index >= 15 is 0 Å². The summed E-state index contributed by atoms with van der Waals surface area (Å²) in [7, 11) is 4.84. The van der Waals surface area contributed by atoms with Crippen molar-refractivity contribution < 1.29 is 39.0 Å². The number of benzene rings is 2. The molecule has 2 unspecified atom stereocenters. The number of rotatable bonds is 7. The second-order valence-corrected chi connectivity index (χ2v) is 11.7. The Hall–Kier alpha value is -4.26. The van der Waals surface area contributed by atoms with Crippen molar-refractivity contribution in [2.75, 3.05) is 34.2 Å². The molecule has 2 aromatic carbocycles. The molecule has 12 heteroatoms. The second kappa shape index (κ2) is 11.1. The molecule has 2 saturated carbocycles. The summed E-state index contributed by atoms with van der Waals surface area (Å²) in [6.07, 6.45) is 0.0705. The van der Waals surface area contributed by atoms with Gasteiger partial charge in [0.2, 0.25) is 5.91 Å². The molecular formula is C31H34N4O8. The smallest absolute Gasteiger partial charge is 0.251 e.